The van der Waals surface area contributed by atoms with Crippen LogP contribution in [0.5, 0.6) is 0 Å². The summed E-state index contributed by atoms with van der Waals surface area (Å²) in [7, 11) is 0. The molecule has 2 aromatic carbocycles. The minimum atomic E-state index is -0.541. The molecule has 0 aliphatic heterocycles. The molecule has 1 amide bonds. The Morgan fingerprint density at radius 2 is 1.86 bits per heavy atom. The molecule has 2 N–H and O–H groups in total. The molecule has 0 saturated heterocycles. The van der Waals surface area contributed by atoms with Gasteiger partial charge in [0, 0.05) is 5.69 Å². The zero-order valence-corrected chi connectivity index (χ0v) is 12.6. The topological polar surface area (TPSA) is 74.8 Å². The van der Waals surface area contributed by atoms with Gasteiger partial charge in [-0.2, -0.15) is 0 Å². The third kappa shape index (κ3) is 2.81. The molecule has 22 heavy (non-hydrogen) atoms. The first kappa shape index (κ1) is 14.6. The van der Waals surface area contributed by atoms with Crippen molar-refractivity contribution in [2.45, 2.75) is 0 Å². The summed E-state index contributed by atoms with van der Waals surface area (Å²) in [5.74, 6) is -0.615. The van der Waals surface area contributed by atoms with Crippen molar-refractivity contribution in [3.05, 3.63) is 68.7 Å². The maximum atomic E-state index is 12.2. The van der Waals surface area contributed by atoms with E-state index in [-0.39, 0.29) is 11.4 Å². The molecule has 5 nitrogen and oxygen atoms in total. The highest BCUT2D eigenvalue weighted by Gasteiger charge is 2.12. The van der Waals surface area contributed by atoms with Crippen LogP contribution < -0.4 is 10.9 Å². The second-order valence-corrected chi connectivity index (χ2v) is 5.33. The highest BCUT2D eigenvalue weighted by atomic mass is 35.5. The quantitative estimate of drug-likeness (QED) is 0.753. The standard InChI is InChI=1S/C15H9Cl2N3O2/c16-10-6-5-8(7-11(10)17)18-15(22)13-19-12-4-2-1-3-9(12)14(21)20-13/h1-7H,(H,18,22)(H,19,20,21). The van der Waals surface area contributed by atoms with Gasteiger partial charge >= 0.3 is 0 Å². The van der Waals surface area contributed by atoms with Gasteiger partial charge in [0.15, 0.2) is 5.82 Å². The predicted octanol–water partition coefficient (Wildman–Crippen LogP) is 3.48. The maximum absolute atomic E-state index is 12.2. The normalized spacial score (nSPS) is 10.6. The van der Waals surface area contributed by atoms with Gasteiger partial charge in [0.25, 0.3) is 11.5 Å². The summed E-state index contributed by atoms with van der Waals surface area (Å²) in [6.45, 7) is 0. The summed E-state index contributed by atoms with van der Waals surface area (Å²) in [6.07, 6.45) is 0. The van der Waals surface area contributed by atoms with Crippen LogP contribution in [0.25, 0.3) is 10.9 Å². The fourth-order valence-corrected chi connectivity index (χ4v) is 2.26. The van der Waals surface area contributed by atoms with Crippen molar-refractivity contribution in [2.75, 3.05) is 5.32 Å². The summed E-state index contributed by atoms with van der Waals surface area (Å²) in [6, 6.07) is 11.5. The van der Waals surface area contributed by atoms with Gasteiger partial charge in [-0.15, -0.1) is 0 Å². The van der Waals surface area contributed by atoms with Gasteiger partial charge in [0.05, 0.1) is 20.9 Å². The lowest BCUT2D eigenvalue weighted by molar-refractivity contribution is 0.101. The van der Waals surface area contributed by atoms with Crippen LogP contribution in [-0.2, 0) is 0 Å². The largest absolute Gasteiger partial charge is 0.319 e. The average molecular weight is 334 g/mol. The number of nitrogens with one attached hydrogen (secondary N) is 2. The molecule has 110 valence electrons. The summed E-state index contributed by atoms with van der Waals surface area (Å²) in [5.41, 5.74) is 0.533. The van der Waals surface area contributed by atoms with Gasteiger partial charge in [-0.1, -0.05) is 35.3 Å². The number of benzene rings is 2. The summed E-state index contributed by atoms with van der Waals surface area (Å²) in [4.78, 5) is 30.7. The van der Waals surface area contributed by atoms with Gasteiger partial charge in [0.2, 0.25) is 0 Å². The molecule has 3 rings (SSSR count). The molecule has 7 heteroatoms. The molecule has 0 bridgehead atoms. The summed E-state index contributed by atoms with van der Waals surface area (Å²) >= 11 is 11.7. The van der Waals surface area contributed by atoms with Crippen molar-refractivity contribution in [1.82, 2.24) is 9.97 Å². The van der Waals surface area contributed by atoms with Crippen LogP contribution >= 0.6 is 23.2 Å². The molecule has 0 saturated carbocycles. The number of carbonyl (C=O) groups is 1. The Morgan fingerprint density at radius 3 is 2.64 bits per heavy atom. The fraction of sp³-hybridized carbons (Fsp3) is 0. The Morgan fingerprint density at radius 1 is 1.09 bits per heavy atom. The maximum Gasteiger partial charge on any atom is 0.291 e. The molecule has 0 spiro atoms. The van der Waals surface area contributed by atoms with Crippen LogP contribution in [0, 0.1) is 0 Å². The SMILES string of the molecule is O=C(Nc1ccc(Cl)c(Cl)c1)c1nc2ccccc2c(=O)[nH]1. The minimum Gasteiger partial charge on any atom is -0.319 e. The van der Waals surface area contributed by atoms with Crippen LogP contribution in [0.3, 0.4) is 0 Å². The number of rotatable bonds is 2. The smallest absolute Gasteiger partial charge is 0.291 e. The first-order chi connectivity index (χ1) is 10.5. The number of fused-ring (bicyclic) bond motifs is 1. The number of hydrogen-bond donors (Lipinski definition) is 2. The molecular weight excluding hydrogens is 325 g/mol. The molecule has 0 atom stereocenters. The second-order valence-electron chi connectivity index (χ2n) is 4.51. The van der Waals surface area contributed by atoms with E-state index < -0.39 is 5.91 Å². The fourth-order valence-electron chi connectivity index (χ4n) is 1.96. The Balaban J connectivity index is 1.95. The first-order valence-corrected chi connectivity index (χ1v) is 7.05. The van der Waals surface area contributed by atoms with E-state index in [0.717, 1.165) is 0 Å². The van der Waals surface area contributed by atoms with E-state index in [2.05, 4.69) is 15.3 Å². The molecule has 0 aliphatic carbocycles. The van der Waals surface area contributed by atoms with E-state index in [1.165, 1.54) is 6.07 Å². The highest BCUT2D eigenvalue weighted by molar-refractivity contribution is 6.42. The number of aromatic amines is 1. The molecular formula is C15H9Cl2N3O2. The van der Waals surface area contributed by atoms with Crippen molar-refractivity contribution in [3.8, 4) is 0 Å². The number of para-hydroxylation sites is 1. The highest BCUT2D eigenvalue weighted by Crippen LogP contribution is 2.25. The first-order valence-electron chi connectivity index (χ1n) is 6.30. The van der Waals surface area contributed by atoms with Gasteiger partial charge in [-0.05, 0) is 30.3 Å². The lowest BCUT2D eigenvalue weighted by Gasteiger charge is -2.06. The van der Waals surface area contributed by atoms with E-state index >= 15 is 0 Å². The molecule has 1 aromatic heterocycles. The van der Waals surface area contributed by atoms with Crippen LogP contribution in [-0.4, -0.2) is 15.9 Å². The van der Waals surface area contributed by atoms with Crippen LogP contribution in [0.2, 0.25) is 10.0 Å². The molecule has 3 aromatic rings. The molecule has 0 aliphatic rings. The van der Waals surface area contributed by atoms with E-state index in [1.54, 1.807) is 36.4 Å². The Labute approximate surface area is 134 Å². The lowest BCUT2D eigenvalue weighted by atomic mass is 10.2. The molecule has 0 fully saturated rings. The molecule has 0 unspecified atom stereocenters. The van der Waals surface area contributed by atoms with Gasteiger partial charge in [0.1, 0.15) is 0 Å². The van der Waals surface area contributed by atoms with Crippen molar-refractivity contribution in [2.24, 2.45) is 0 Å². The summed E-state index contributed by atoms with van der Waals surface area (Å²) in [5, 5.41) is 3.73. The Hall–Kier alpha value is -2.37. The zero-order valence-electron chi connectivity index (χ0n) is 11.1. The van der Waals surface area contributed by atoms with Crippen LogP contribution in [0.15, 0.2) is 47.3 Å². The van der Waals surface area contributed by atoms with Crippen molar-refractivity contribution in [3.63, 3.8) is 0 Å². The number of anilines is 1. The molecule has 0 radical (unpaired) electrons. The van der Waals surface area contributed by atoms with E-state index in [9.17, 15) is 9.59 Å². The lowest BCUT2D eigenvalue weighted by Crippen LogP contribution is -2.21. The second kappa shape index (κ2) is 5.79. The number of nitrogens with zero attached hydrogens (tertiary/aromatic N) is 1. The van der Waals surface area contributed by atoms with Gasteiger partial charge < -0.3 is 10.3 Å². The van der Waals surface area contributed by atoms with Crippen molar-refractivity contribution < 1.29 is 4.79 Å². The van der Waals surface area contributed by atoms with Gasteiger partial charge in [-0.25, -0.2) is 4.98 Å². The monoisotopic (exact) mass is 333 g/mol. The van der Waals surface area contributed by atoms with Crippen molar-refractivity contribution in [1.29, 1.82) is 0 Å². The molecule has 1 heterocycles. The van der Waals surface area contributed by atoms with Gasteiger partial charge in [-0.3, -0.25) is 9.59 Å². The van der Waals surface area contributed by atoms with E-state index in [4.69, 9.17) is 23.2 Å². The van der Waals surface area contributed by atoms with E-state index in [0.29, 0.717) is 26.6 Å². The Bertz CT molecular complexity index is 937. The number of aromatic nitrogens is 2. The number of hydrogen-bond acceptors (Lipinski definition) is 3. The van der Waals surface area contributed by atoms with E-state index in [1.807, 2.05) is 0 Å². The number of carbonyl (C=O) groups excluding carboxylic acids is 1. The average Bonchev–Trinajstić information content (AvgIpc) is 2.51. The van der Waals surface area contributed by atoms with Crippen LogP contribution in [0.4, 0.5) is 5.69 Å². The number of amides is 1. The Kier molecular flexibility index (Phi) is 3.83. The third-order valence-corrected chi connectivity index (χ3v) is 3.74. The minimum absolute atomic E-state index is 0.0743. The third-order valence-electron chi connectivity index (χ3n) is 3.01. The number of halogens is 2. The predicted molar refractivity (Wildman–Crippen MR) is 86.8 cm³/mol. The van der Waals surface area contributed by atoms with Crippen molar-refractivity contribution >= 4 is 45.7 Å². The summed E-state index contributed by atoms with van der Waals surface area (Å²) < 4.78 is 0. The van der Waals surface area contributed by atoms with Crippen LogP contribution in [0.1, 0.15) is 10.6 Å². The zero-order chi connectivity index (χ0) is 15.7. The number of H-pyrrole nitrogens is 1.